The molecule has 0 spiro atoms. The van der Waals surface area contributed by atoms with E-state index in [0.29, 0.717) is 18.7 Å². The molecule has 0 aliphatic carbocycles. The van der Waals surface area contributed by atoms with Gasteiger partial charge in [-0.1, -0.05) is 11.2 Å². The number of nitrogens with zero attached hydrogens (tertiary/aromatic N) is 2. The Morgan fingerprint density at radius 3 is 3.00 bits per heavy atom. The van der Waals surface area contributed by atoms with E-state index in [1.165, 1.54) is 0 Å². The fourth-order valence-corrected chi connectivity index (χ4v) is 2.17. The Morgan fingerprint density at radius 1 is 1.44 bits per heavy atom. The van der Waals surface area contributed by atoms with E-state index in [2.05, 4.69) is 5.16 Å². The van der Waals surface area contributed by atoms with Crippen LogP contribution in [-0.2, 0) is 17.8 Å². The lowest BCUT2D eigenvalue weighted by molar-refractivity contribution is -0.117. The summed E-state index contributed by atoms with van der Waals surface area (Å²) in [6, 6.07) is 7.68. The van der Waals surface area contributed by atoms with Crippen LogP contribution in [0.2, 0.25) is 0 Å². The second kappa shape index (κ2) is 3.96. The molecule has 1 aromatic heterocycles. The summed E-state index contributed by atoms with van der Waals surface area (Å²) >= 11 is 0. The summed E-state index contributed by atoms with van der Waals surface area (Å²) in [5.74, 6) is 0.767. The van der Waals surface area contributed by atoms with E-state index in [1.807, 2.05) is 24.3 Å². The highest BCUT2D eigenvalue weighted by atomic mass is 16.5. The Bertz CT molecular complexity index is 618. The first-order valence-corrected chi connectivity index (χ1v) is 5.74. The van der Waals surface area contributed by atoms with Crippen LogP contribution in [0.25, 0.3) is 11.3 Å². The molecular weight excluding hydrogens is 230 g/mol. The van der Waals surface area contributed by atoms with Gasteiger partial charge in [-0.05, 0) is 17.7 Å². The van der Waals surface area contributed by atoms with E-state index >= 15 is 0 Å². The van der Waals surface area contributed by atoms with Crippen molar-refractivity contribution in [2.45, 2.75) is 13.0 Å². The van der Waals surface area contributed by atoms with Gasteiger partial charge in [0.1, 0.15) is 5.69 Å². The number of rotatable bonds is 2. The van der Waals surface area contributed by atoms with Gasteiger partial charge in [0.15, 0.2) is 5.76 Å². The van der Waals surface area contributed by atoms with Crippen LogP contribution in [0.1, 0.15) is 11.3 Å². The van der Waals surface area contributed by atoms with Crippen molar-refractivity contribution < 1.29 is 9.32 Å². The van der Waals surface area contributed by atoms with Crippen molar-refractivity contribution in [2.75, 3.05) is 11.9 Å². The van der Waals surface area contributed by atoms with Crippen LogP contribution in [0.15, 0.2) is 28.8 Å². The maximum absolute atomic E-state index is 11.6. The normalized spacial score (nSPS) is 14.1. The summed E-state index contributed by atoms with van der Waals surface area (Å²) in [5, 5.41) is 3.97. The van der Waals surface area contributed by atoms with Crippen molar-refractivity contribution >= 4 is 11.6 Å². The Balaban J connectivity index is 2.01. The van der Waals surface area contributed by atoms with Gasteiger partial charge in [0.25, 0.3) is 0 Å². The summed E-state index contributed by atoms with van der Waals surface area (Å²) in [6.07, 6.45) is 0.446. The largest absolute Gasteiger partial charge is 0.359 e. The number of hydrogen-bond donors (Lipinski definition) is 1. The molecule has 1 aromatic carbocycles. The smallest absolute Gasteiger partial charge is 0.231 e. The fraction of sp³-hybridized carbons (Fsp3) is 0.231. The zero-order valence-corrected chi connectivity index (χ0v) is 10.0. The fourth-order valence-electron chi connectivity index (χ4n) is 2.17. The second-order valence-electron chi connectivity index (χ2n) is 4.36. The molecular formula is C13H13N3O2. The third kappa shape index (κ3) is 1.60. The third-order valence-electron chi connectivity index (χ3n) is 3.21. The zero-order chi connectivity index (χ0) is 12.7. The number of amides is 1. The van der Waals surface area contributed by atoms with E-state index < -0.39 is 0 Å². The lowest BCUT2D eigenvalue weighted by atomic mass is 10.1. The van der Waals surface area contributed by atoms with Crippen LogP contribution < -0.4 is 10.6 Å². The Labute approximate surface area is 104 Å². The summed E-state index contributed by atoms with van der Waals surface area (Å²) in [6.45, 7) is 0.333. The van der Waals surface area contributed by atoms with Crippen molar-refractivity contribution in [3.63, 3.8) is 0 Å². The maximum Gasteiger partial charge on any atom is 0.231 e. The van der Waals surface area contributed by atoms with Crippen LogP contribution >= 0.6 is 0 Å². The van der Waals surface area contributed by atoms with Crippen LogP contribution in [0.5, 0.6) is 0 Å². The van der Waals surface area contributed by atoms with Gasteiger partial charge in [0.2, 0.25) is 5.91 Å². The second-order valence-corrected chi connectivity index (χ2v) is 4.36. The molecule has 0 saturated heterocycles. The first-order valence-electron chi connectivity index (χ1n) is 5.74. The summed E-state index contributed by atoms with van der Waals surface area (Å²) < 4.78 is 5.08. The number of carbonyl (C=O) groups is 1. The zero-order valence-electron chi connectivity index (χ0n) is 10.0. The van der Waals surface area contributed by atoms with Gasteiger partial charge in [-0.3, -0.25) is 4.79 Å². The highest BCUT2D eigenvalue weighted by Gasteiger charge is 2.24. The summed E-state index contributed by atoms with van der Waals surface area (Å²) in [5.41, 5.74) is 9.17. The van der Waals surface area contributed by atoms with Crippen LogP contribution in [-0.4, -0.2) is 18.1 Å². The lowest BCUT2D eigenvalue weighted by Gasteiger charge is -2.09. The Morgan fingerprint density at radius 2 is 2.28 bits per heavy atom. The molecule has 0 atom stereocenters. The minimum Gasteiger partial charge on any atom is -0.359 e. The molecule has 2 aromatic rings. The van der Waals surface area contributed by atoms with Gasteiger partial charge >= 0.3 is 0 Å². The van der Waals surface area contributed by atoms with Gasteiger partial charge in [-0.2, -0.15) is 0 Å². The molecule has 5 nitrogen and oxygen atoms in total. The number of fused-ring (bicyclic) bond motifs is 1. The number of aromatic nitrogens is 1. The van der Waals surface area contributed by atoms with Gasteiger partial charge in [0, 0.05) is 24.4 Å². The van der Waals surface area contributed by atoms with Crippen molar-refractivity contribution in [2.24, 2.45) is 5.73 Å². The number of hydrogen-bond acceptors (Lipinski definition) is 4. The lowest BCUT2D eigenvalue weighted by Crippen LogP contribution is -2.20. The topological polar surface area (TPSA) is 72.4 Å². The predicted octanol–water partition coefficient (Wildman–Crippen LogP) is 1.32. The monoisotopic (exact) mass is 243 g/mol. The minimum atomic E-state index is 0.116. The van der Waals surface area contributed by atoms with Crippen molar-refractivity contribution in [1.82, 2.24) is 5.16 Å². The number of benzene rings is 1. The van der Waals surface area contributed by atoms with Gasteiger partial charge in [-0.15, -0.1) is 0 Å². The van der Waals surface area contributed by atoms with Crippen molar-refractivity contribution in [3.8, 4) is 11.3 Å². The molecule has 2 heterocycles. The van der Waals surface area contributed by atoms with E-state index in [-0.39, 0.29) is 5.91 Å². The first-order chi connectivity index (χ1) is 8.69. The molecule has 92 valence electrons. The molecule has 0 saturated carbocycles. The molecule has 2 N–H and O–H groups in total. The number of nitrogens with two attached hydrogens (primary N) is 1. The molecule has 18 heavy (non-hydrogen) atoms. The predicted molar refractivity (Wildman–Crippen MR) is 66.9 cm³/mol. The SMILES string of the molecule is CN1C(=O)Cc2cc(-c3cc(CN)on3)ccc21. The van der Waals surface area contributed by atoms with Crippen LogP contribution in [0.4, 0.5) is 5.69 Å². The Hall–Kier alpha value is -2.14. The van der Waals surface area contributed by atoms with E-state index in [9.17, 15) is 4.79 Å². The summed E-state index contributed by atoms with van der Waals surface area (Å²) in [7, 11) is 1.79. The molecule has 1 aliphatic heterocycles. The van der Waals surface area contributed by atoms with Gasteiger partial charge in [-0.25, -0.2) is 0 Å². The van der Waals surface area contributed by atoms with Gasteiger partial charge in [0.05, 0.1) is 13.0 Å². The number of anilines is 1. The third-order valence-corrected chi connectivity index (χ3v) is 3.21. The standard InChI is InChI=1S/C13H13N3O2/c1-16-12-3-2-8(4-9(12)5-13(16)17)11-6-10(7-14)18-15-11/h2-4,6H,5,7,14H2,1H3. The van der Waals surface area contributed by atoms with E-state index in [4.69, 9.17) is 10.3 Å². The highest BCUT2D eigenvalue weighted by Crippen LogP contribution is 2.31. The minimum absolute atomic E-state index is 0.116. The Kier molecular flexibility index (Phi) is 2.41. The highest BCUT2D eigenvalue weighted by molar-refractivity contribution is 6.01. The molecule has 1 aliphatic rings. The van der Waals surface area contributed by atoms with E-state index in [1.54, 1.807) is 11.9 Å². The molecule has 1 amide bonds. The van der Waals surface area contributed by atoms with Crippen LogP contribution in [0.3, 0.4) is 0 Å². The number of carbonyl (C=O) groups excluding carboxylic acids is 1. The molecule has 0 unspecified atom stereocenters. The van der Waals surface area contributed by atoms with Crippen molar-refractivity contribution in [1.29, 1.82) is 0 Å². The summed E-state index contributed by atoms with van der Waals surface area (Å²) in [4.78, 5) is 13.3. The quantitative estimate of drug-likeness (QED) is 0.863. The maximum atomic E-state index is 11.6. The van der Waals surface area contributed by atoms with Crippen LogP contribution in [0, 0.1) is 0 Å². The molecule has 0 bridgehead atoms. The average molecular weight is 243 g/mol. The molecule has 0 radical (unpaired) electrons. The average Bonchev–Trinajstić information content (AvgIpc) is 2.95. The van der Waals surface area contributed by atoms with Crippen molar-refractivity contribution in [3.05, 3.63) is 35.6 Å². The van der Waals surface area contributed by atoms with Gasteiger partial charge < -0.3 is 15.2 Å². The number of likely N-dealkylation sites (N-methyl/N-ethyl adjacent to an activating group) is 1. The first kappa shape index (κ1) is 11.0. The molecule has 3 rings (SSSR count). The molecule has 0 fully saturated rings. The molecule has 5 heteroatoms. The van der Waals surface area contributed by atoms with E-state index in [0.717, 1.165) is 22.5 Å².